The van der Waals surface area contributed by atoms with Crippen LogP contribution in [0.3, 0.4) is 0 Å². The van der Waals surface area contributed by atoms with Crippen molar-refractivity contribution < 1.29 is 9.47 Å². The highest BCUT2D eigenvalue weighted by Crippen LogP contribution is 2.27. The molecule has 1 atom stereocenters. The summed E-state index contributed by atoms with van der Waals surface area (Å²) in [7, 11) is 3.29. The highest BCUT2D eigenvalue weighted by Gasteiger charge is 2.06. The summed E-state index contributed by atoms with van der Waals surface area (Å²) in [4.78, 5) is 4.04. The van der Waals surface area contributed by atoms with E-state index in [1.807, 2.05) is 30.7 Å². The third-order valence-electron chi connectivity index (χ3n) is 3.15. The molecular weight excluding hydrogens is 254 g/mol. The van der Waals surface area contributed by atoms with E-state index in [0.717, 1.165) is 24.6 Å². The molecule has 1 heterocycles. The van der Waals surface area contributed by atoms with Crippen LogP contribution in [0.5, 0.6) is 11.5 Å². The lowest BCUT2D eigenvalue weighted by molar-refractivity contribution is 0.354. The standard InChI is InChI=1S/C15H21N3O2/c1-12(10-18-7-6-16-11-18)17-9-13-4-5-14(19-2)15(8-13)20-3/h4-8,11-12,17H,9-10H2,1-3H3. The van der Waals surface area contributed by atoms with Crippen LogP contribution in [-0.2, 0) is 13.1 Å². The number of aromatic nitrogens is 2. The number of imidazole rings is 1. The molecule has 5 heteroatoms. The zero-order valence-corrected chi connectivity index (χ0v) is 12.2. The maximum absolute atomic E-state index is 5.30. The smallest absolute Gasteiger partial charge is 0.161 e. The van der Waals surface area contributed by atoms with Crippen molar-refractivity contribution in [1.82, 2.24) is 14.9 Å². The van der Waals surface area contributed by atoms with Crippen molar-refractivity contribution in [1.29, 1.82) is 0 Å². The van der Waals surface area contributed by atoms with Crippen LogP contribution in [0.4, 0.5) is 0 Å². The summed E-state index contributed by atoms with van der Waals surface area (Å²) in [5.41, 5.74) is 1.17. The molecule has 0 aliphatic rings. The predicted molar refractivity (Wildman–Crippen MR) is 78.1 cm³/mol. The lowest BCUT2D eigenvalue weighted by Gasteiger charge is -2.15. The van der Waals surface area contributed by atoms with Gasteiger partial charge in [-0.3, -0.25) is 0 Å². The van der Waals surface area contributed by atoms with Gasteiger partial charge in [-0.25, -0.2) is 4.98 Å². The van der Waals surface area contributed by atoms with E-state index >= 15 is 0 Å². The lowest BCUT2D eigenvalue weighted by atomic mass is 10.2. The first-order chi connectivity index (χ1) is 9.72. The van der Waals surface area contributed by atoms with Crippen molar-refractivity contribution in [2.45, 2.75) is 26.1 Å². The summed E-state index contributed by atoms with van der Waals surface area (Å²) in [5, 5.41) is 3.48. The van der Waals surface area contributed by atoms with E-state index in [-0.39, 0.29) is 0 Å². The minimum atomic E-state index is 0.359. The highest BCUT2D eigenvalue weighted by molar-refractivity contribution is 5.42. The molecule has 0 radical (unpaired) electrons. The number of nitrogens with one attached hydrogen (secondary N) is 1. The zero-order valence-electron chi connectivity index (χ0n) is 12.2. The SMILES string of the molecule is COc1ccc(CNC(C)Cn2ccnc2)cc1OC. The van der Waals surface area contributed by atoms with E-state index < -0.39 is 0 Å². The van der Waals surface area contributed by atoms with Crippen molar-refractivity contribution in [3.05, 3.63) is 42.5 Å². The van der Waals surface area contributed by atoms with Crippen molar-refractivity contribution in [3.63, 3.8) is 0 Å². The Morgan fingerprint density at radius 3 is 2.70 bits per heavy atom. The molecule has 1 aromatic carbocycles. The molecule has 2 aromatic rings. The van der Waals surface area contributed by atoms with Crippen molar-refractivity contribution in [2.75, 3.05) is 14.2 Å². The van der Waals surface area contributed by atoms with Gasteiger partial charge in [0.1, 0.15) is 0 Å². The van der Waals surface area contributed by atoms with Gasteiger partial charge in [0.2, 0.25) is 0 Å². The first-order valence-electron chi connectivity index (χ1n) is 6.63. The Bertz CT molecular complexity index is 526. The van der Waals surface area contributed by atoms with E-state index in [1.165, 1.54) is 5.56 Å². The van der Waals surface area contributed by atoms with Gasteiger partial charge in [-0.1, -0.05) is 6.07 Å². The van der Waals surface area contributed by atoms with Gasteiger partial charge in [-0.15, -0.1) is 0 Å². The predicted octanol–water partition coefficient (Wildman–Crippen LogP) is 2.08. The van der Waals surface area contributed by atoms with Crippen LogP contribution in [0.15, 0.2) is 36.9 Å². The summed E-state index contributed by atoms with van der Waals surface area (Å²) >= 11 is 0. The quantitative estimate of drug-likeness (QED) is 0.840. The summed E-state index contributed by atoms with van der Waals surface area (Å²) in [6.45, 7) is 3.84. The van der Waals surface area contributed by atoms with Gasteiger partial charge in [0, 0.05) is 31.5 Å². The second kappa shape index (κ2) is 6.96. The molecule has 0 bridgehead atoms. The van der Waals surface area contributed by atoms with Crippen LogP contribution < -0.4 is 14.8 Å². The number of ether oxygens (including phenoxy) is 2. The molecule has 0 spiro atoms. The minimum Gasteiger partial charge on any atom is -0.493 e. The molecule has 2 rings (SSSR count). The zero-order chi connectivity index (χ0) is 14.4. The number of methoxy groups -OCH3 is 2. The molecule has 0 aliphatic heterocycles. The molecule has 0 amide bonds. The van der Waals surface area contributed by atoms with Gasteiger partial charge in [0.15, 0.2) is 11.5 Å². The number of benzene rings is 1. The van der Waals surface area contributed by atoms with Gasteiger partial charge >= 0.3 is 0 Å². The van der Waals surface area contributed by atoms with Crippen molar-refractivity contribution in [2.24, 2.45) is 0 Å². The lowest BCUT2D eigenvalue weighted by Crippen LogP contribution is -2.29. The Labute approximate surface area is 119 Å². The molecule has 108 valence electrons. The molecule has 1 N–H and O–H groups in total. The fourth-order valence-corrected chi connectivity index (χ4v) is 2.06. The molecule has 0 saturated heterocycles. The summed E-state index contributed by atoms with van der Waals surface area (Å²) < 4.78 is 12.6. The Morgan fingerprint density at radius 2 is 2.05 bits per heavy atom. The molecule has 5 nitrogen and oxygen atoms in total. The maximum atomic E-state index is 5.30. The molecule has 0 fully saturated rings. The van der Waals surface area contributed by atoms with Gasteiger partial charge in [0.05, 0.1) is 20.5 Å². The van der Waals surface area contributed by atoms with E-state index in [4.69, 9.17) is 9.47 Å². The summed E-state index contributed by atoms with van der Waals surface area (Å²) in [6.07, 6.45) is 5.59. The van der Waals surface area contributed by atoms with E-state index in [9.17, 15) is 0 Å². The number of hydrogen-bond acceptors (Lipinski definition) is 4. The van der Waals surface area contributed by atoms with Crippen LogP contribution >= 0.6 is 0 Å². The topological polar surface area (TPSA) is 48.3 Å². The molecule has 0 saturated carbocycles. The van der Waals surface area contributed by atoms with E-state index in [1.54, 1.807) is 20.4 Å². The van der Waals surface area contributed by atoms with Crippen LogP contribution in [0.1, 0.15) is 12.5 Å². The van der Waals surface area contributed by atoms with Crippen LogP contribution in [0.2, 0.25) is 0 Å². The van der Waals surface area contributed by atoms with Crippen molar-refractivity contribution >= 4 is 0 Å². The third kappa shape index (κ3) is 3.74. The molecule has 20 heavy (non-hydrogen) atoms. The number of rotatable bonds is 7. The molecular formula is C15H21N3O2. The summed E-state index contributed by atoms with van der Waals surface area (Å²) in [6, 6.07) is 6.32. The average molecular weight is 275 g/mol. The van der Waals surface area contributed by atoms with E-state index in [0.29, 0.717) is 6.04 Å². The monoisotopic (exact) mass is 275 g/mol. The number of hydrogen-bond donors (Lipinski definition) is 1. The minimum absolute atomic E-state index is 0.359. The van der Waals surface area contributed by atoms with Crippen LogP contribution in [-0.4, -0.2) is 29.8 Å². The molecule has 0 aliphatic carbocycles. The van der Waals surface area contributed by atoms with Crippen LogP contribution in [0, 0.1) is 0 Å². The number of nitrogens with zero attached hydrogens (tertiary/aromatic N) is 2. The first-order valence-corrected chi connectivity index (χ1v) is 6.63. The normalized spacial score (nSPS) is 12.2. The second-order valence-electron chi connectivity index (χ2n) is 4.73. The average Bonchev–Trinajstić information content (AvgIpc) is 2.97. The fourth-order valence-electron chi connectivity index (χ4n) is 2.06. The maximum Gasteiger partial charge on any atom is 0.161 e. The largest absolute Gasteiger partial charge is 0.493 e. The fraction of sp³-hybridized carbons (Fsp3) is 0.400. The molecule has 1 aromatic heterocycles. The van der Waals surface area contributed by atoms with E-state index in [2.05, 4.69) is 21.8 Å². The van der Waals surface area contributed by atoms with Gasteiger partial charge in [0.25, 0.3) is 0 Å². The third-order valence-corrected chi connectivity index (χ3v) is 3.15. The van der Waals surface area contributed by atoms with Gasteiger partial charge in [-0.05, 0) is 24.6 Å². The second-order valence-corrected chi connectivity index (χ2v) is 4.73. The van der Waals surface area contributed by atoms with Crippen molar-refractivity contribution in [3.8, 4) is 11.5 Å². The first kappa shape index (κ1) is 14.4. The summed E-state index contributed by atoms with van der Waals surface area (Å²) in [5.74, 6) is 1.51. The highest BCUT2D eigenvalue weighted by atomic mass is 16.5. The van der Waals surface area contributed by atoms with Crippen LogP contribution in [0.25, 0.3) is 0 Å². The Hall–Kier alpha value is -2.01. The molecule has 1 unspecified atom stereocenters. The Morgan fingerprint density at radius 1 is 1.25 bits per heavy atom. The van der Waals surface area contributed by atoms with Gasteiger partial charge < -0.3 is 19.4 Å². The Balaban J connectivity index is 1.90. The Kier molecular flexibility index (Phi) is 5.01. The van der Waals surface area contributed by atoms with Gasteiger partial charge in [-0.2, -0.15) is 0 Å².